The van der Waals surface area contributed by atoms with E-state index in [9.17, 15) is 17.6 Å². The Labute approximate surface area is 96.6 Å². The first-order valence-electron chi connectivity index (χ1n) is 2.94. The van der Waals surface area contributed by atoms with Crippen LogP contribution in [0.2, 0.25) is 0 Å². The van der Waals surface area contributed by atoms with Gasteiger partial charge in [-0.05, 0) is 22.9 Å². The van der Waals surface area contributed by atoms with Gasteiger partial charge in [0.05, 0.1) is 4.47 Å². The third-order valence-electron chi connectivity index (χ3n) is 1.43. The van der Waals surface area contributed by atoms with Crippen molar-refractivity contribution >= 4 is 39.0 Å². The number of halogens is 5. The SMILES string of the molecule is Cc1c(F)c(F)c(F)c(Br)c1F.[MgH2]. The predicted octanol–water partition coefficient (Wildman–Crippen LogP) is 2.40. The smallest absolute Gasteiger partial charge is 0.205 e. The van der Waals surface area contributed by atoms with Crippen LogP contribution in [-0.2, 0) is 0 Å². The standard InChI is InChI=1S/C7H3BrF4.Mg.2H/c1-2-4(9)3(8)6(11)7(12)5(2)10;;;/h1H3;;;. The van der Waals surface area contributed by atoms with E-state index in [4.69, 9.17) is 0 Å². The fourth-order valence-corrected chi connectivity index (χ4v) is 1.19. The van der Waals surface area contributed by atoms with Crippen molar-refractivity contribution in [3.05, 3.63) is 33.3 Å². The van der Waals surface area contributed by atoms with E-state index in [1.54, 1.807) is 0 Å². The zero-order valence-electron chi connectivity index (χ0n) is 5.89. The lowest BCUT2D eigenvalue weighted by molar-refractivity contribution is 0.424. The summed E-state index contributed by atoms with van der Waals surface area (Å²) in [6.07, 6.45) is 0. The average Bonchev–Trinajstić information content (AvgIpc) is 2.08. The molecular weight excluding hydrogens is 264 g/mol. The predicted molar refractivity (Wildman–Crippen MR) is 47.3 cm³/mol. The number of hydrogen-bond donors (Lipinski definition) is 0. The molecule has 0 unspecified atom stereocenters. The van der Waals surface area contributed by atoms with Gasteiger partial charge in [-0.1, -0.05) is 0 Å². The van der Waals surface area contributed by atoms with Crippen LogP contribution in [0.4, 0.5) is 17.6 Å². The van der Waals surface area contributed by atoms with E-state index in [1.165, 1.54) is 0 Å². The van der Waals surface area contributed by atoms with Gasteiger partial charge < -0.3 is 0 Å². The fourth-order valence-electron chi connectivity index (χ4n) is 0.715. The Morgan fingerprint density at radius 3 is 1.77 bits per heavy atom. The molecule has 0 aliphatic heterocycles. The lowest BCUT2D eigenvalue weighted by Crippen LogP contribution is -2.00. The Hall–Kier alpha value is 0.186. The van der Waals surface area contributed by atoms with Gasteiger partial charge in [-0.3, -0.25) is 0 Å². The Kier molecular flexibility index (Phi) is 4.68. The molecule has 0 saturated heterocycles. The van der Waals surface area contributed by atoms with Crippen molar-refractivity contribution in [3.63, 3.8) is 0 Å². The first kappa shape index (κ1) is 13.2. The van der Waals surface area contributed by atoms with Gasteiger partial charge >= 0.3 is 23.1 Å². The second-order valence-corrected chi connectivity index (χ2v) is 2.99. The summed E-state index contributed by atoms with van der Waals surface area (Å²) in [7, 11) is 0. The molecular formula is C7H5BrF4Mg. The van der Waals surface area contributed by atoms with Gasteiger partial charge in [0.15, 0.2) is 17.5 Å². The third-order valence-corrected chi connectivity index (χ3v) is 2.13. The molecule has 1 aromatic rings. The van der Waals surface area contributed by atoms with Crippen LogP contribution in [0.5, 0.6) is 0 Å². The summed E-state index contributed by atoms with van der Waals surface area (Å²) in [6.45, 7) is 1.03. The zero-order chi connectivity index (χ0) is 9.46. The summed E-state index contributed by atoms with van der Waals surface area (Å²) >= 11 is 2.46. The van der Waals surface area contributed by atoms with E-state index in [0.717, 1.165) is 6.92 Å². The van der Waals surface area contributed by atoms with Crippen LogP contribution in [0, 0.1) is 30.2 Å². The largest absolute Gasteiger partial charge is 0.316 e. The van der Waals surface area contributed by atoms with Crippen LogP contribution < -0.4 is 0 Å². The van der Waals surface area contributed by atoms with Gasteiger partial charge in [0.1, 0.15) is 5.82 Å². The summed E-state index contributed by atoms with van der Waals surface area (Å²) < 4.78 is 49.6. The molecule has 0 heterocycles. The van der Waals surface area contributed by atoms with Crippen LogP contribution in [0.15, 0.2) is 4.47 Å². The Morgan fingerprint density at radius 1 is 0.846 bits per heavy atom. The third kappa shape index (κ3) is 2.16. The van der Waals surface area contributed by atoms with Crippen molar-refractivity contribution in [2.75, 3.05) is 0 Å². The van der Waals surface area contributed by atoms with Crippen molar-refractivity contribution in [2.45, 2.75) is 6.92 Å². The molecule has 0 saturated carbocycles. The summed E-state index contributed by atoms with van der Waals surface area (Å²) in [5.74, 6) is -5.82. The topological polar surface area (TPSA) is 0 Å². The van der Waals surface area contributed by atoms with E-state index in [-0.39, 0.29) is 23.1 Å². The van der Waals surface area contributed by atoms with Crippen molar-refractivity contribution < 1.29 is 17.6 Å². The highest BCUT2D eigenvalue weighted by Gasteiger charge is 2.20. The maximum Gasteiger partial charge on any atom is 0.316 e. The molecule has 0 fully saturated rings. The van der Waals surface area contributed by atoms with Crippen molar-refractivity contribution in [1.82, 2.24) is 0 Å². The minimum absolute atomic E-state index is 0. The first-order valence-corrected chi connectivity index (χ1v) is 3.74. The van der Waals surface area contributed by atoms with Crippen LogP contribution in [0.3, 0.4) is 0 Å². The lowest BCUT2D eigenvalue weighted by Gasteiger charge is -2.03. The quantitative estimate of drug-likeness (QED) is 0.294. The zero-order valence-corrected chi connectivity index (χ0v) is 7.48. The molecule has 0 spiro atoms. The molecule has 70 valence electrons. The van der Waals surface area contributed by atoms with E-state index in [0.29, 0.717) is 0 Å². The van der Waals surface area contributed by atoms with Gasteiger partial charge in [0.2, 0.25) is 0 Å². The summed E-state index contributed by atoms with van der Waals surface area (Å²) in [6, 6.07) is 0. The molecule has 1 aromatic carbocycles. The van der Waals surface area contributed by atoms with Gasteiger partial charge in [0.25, 0.3) is 0 Å². The molecule has 0 atom stereocenters. The van der Waals surface area contributed by atoms with Crippen LogP contribution in [0.25, 0.3) is 0 Å². The van der Waals surface area contributed by atoms with E-state index in [1.807, 2.05) is 0 Å². The molecule has 0 N–H and O–H groups in total. The Balaban J connectivity index is 0.00000144. The minimum atomic E-state index is -1.67. The highest BCUT2D eigenvalue weighted by atomic mass is 79.9. The van der Waals surface area contributed by atoms with Gasteiger partial charge in [-0.25, -0.2) is 17.6 Å². The van der Waals surface area contributed by atoms with E-state index < -0.39 is 33.3 Å². The number of rotatable bonds is 0. The second-order valence-electron chi connectivity index (χ2n) is 2.19. The second kappa shape index (κ2) is 4.61. The molecule has 6 heteroatoms. The molecule has 0 aromatic heterocycles. The van der Waals surface area contributed by atoms with Crippen molar-refractivity contribution in [1.29, 1.82) is 0 Å². The van der Waals surface area contributed by atoms with E-state index in [2.05, 4.69) is 15.9 Å². The van der Waals surface area contributed by atoms with Crippen LogP contribution >= 0.6 is 15.9 Å². The van der Waals surface area contributed by atoms with Crippen molar-refractivity contribution in [2.24, 2.45) is 0 Å². The van der Waals surface area contributed by atoms with Gasteiger partial charge in [0, 0.05) is 5.56 Å². The first-order chi connectivity index (χ1) is 5.46. The summed E-state index contributed by atoms with van der Waals surface area (Å²) in [5.41, 5.74) is -0.541. The molecule has 0 aliphatic rings. The van der Waals surface area contributed by atoms with Gasteiger partial charge in [-0.2, -0.15) is 0 Å². The molecule has 0 amide bonds. The number of benzene rings is 1. The Morgan fingerprint density at radius 2 is 1.31 bits per heavy atom. The maximum absolute atomic E-state index is 12.7. The fraction of sp³-hybridized carbons (Fsp3) is 0.143. The average molecular weight is 269 g/mol. The molecule has 0 nitrogen and oxygen atoms in total. The lowest BCUT2D eigenvalue weighted by atomic mass is 10.2. The van der Waals surface area contributed by atoms with Gasteiger partial charge in [-0.15, -0.1) is 0 Å². The molecule has 0 radical (unpaired) electrons. The normalized spacial score (nSPS) is 9.69. The monoisotopic (exact) mass is 268 g/mol. The maximum atomic E-state index is 12.7. The highest BCUT2D eigenvalue weighted by molar-refractivity contribution is 9.10. The highest BCUT2D eigenvalue weighted by Crippen LogP contribution is 2.27. The summed E-state index contributed by atoms with van der Waals surface area (Å²) in [4.78, 5) is 0. The molecule has 13 heavy (non-hydrogen) atoms. The van der Waals surface area contributed by atoms with Crippen molar-refractivity contribution in [3.8, 4) is 0 Å². The summed E-state index contributed by atoms with van der Waals surface area (Å²) in [5, 5.41) is 0. The van der Waals surface area contributed by atoms with Crippen LogP contribution in [0.1, 0.15) is 5.56 Å². The molecule has 0 bridgehead atoms. The molecule has 1 rings (SSSR count). The Bertz CT molecular complexity index is 235. The van der Waals surface area contributed by atoms with Crippen LogP contribution in [-0.4, -0.2) is 23.1 Å². The van der Waals surface area contributed by atoms with E-state index >= 15 is 0 Å². The molecule has 0 aliphatic carbocycles. The minimum Gasteiger partial charge on any atom is -0.205 e. The number of hydrogen-bond acceptors (Lipinski definition) is 0.